The lowest BCUT2D eigenvalue weighted by molar-refractivity contribution is -0.140. The second kappa shape index (κ2) is 6.25. The third-order valence-electron chi connectivity index (χ3n) is 3.20. The molecule has 1 aliphatic heterocycles. The predicted octanol–water partition coefficient (Wildman–Crippen LogP) is 0.295. The number of carboxylic acid groups (broad SMARTS) is 2. The fraction of sp³-hybridized carbons (Fsp3) is 0.286. The number of carboxylic acids is 2. The fourth-order valence-corrected chi connectivity index (χ4v) is 2.00. The van der Waals surface area contributed by atoms with Crippen LogP contribution < -0.4 is 10.3 Å². The fourth-order valence-electron chi connectivity index (χ4n) is 2.00. The molecule has 0 radical (unpaired) electrons. The lowest BCUT2D eigenvalue weighted by Gasteiger charge is -2.19. The van der Waals surface area contributed by atoms with Gasteiger partial charge in [-0.15, -0.1) is 0 Å². The van der Waals surface area contributed by atoms with Crippen LogP contribution in [0.5, 0.6) is 0 Å². The summed E-state index contributed by atoms with van der Waals surface area (Å²) >= 11 is 0. The van der Waals surface area contributed by atoms with E-state index in [4.69, 9.17) is 5.11 Å². The number of hydrogen-bond acceptors (Lipinski definition) is 5. The lowest BCUT2D eigenvalue weighted by atomic mass is 10.1. The van der Waals surface area contributed by atoms with E-state index in [1.54, 1.807) is 30.3 Å². The second-order valence-corrected chi connectivity index (χ2v) is 4.82. The molecule has 0 spiro atoms. The molecule has 8 heteroatoms. The molecule has 116 valence electrons. The van der Waals surface area contributed by atoms with Crippen molar-refractivity contribution in [1.29, 1.82) is 0 Å². The van der Waals surface area contributed by atoms with Gasteiger partial charge in [-0.05, 0) is 19.1 Å². The van der Waals surface area contributed by atoms with Gasteiger partial charge in [0.15, 0.2) is 6.04 Å². The smallest absolute Gasteiger partial charge is 0.328 e. The van der Waals surface area contributed by atoms with Crippen LogP contribution in [-0.2, 0) is 14.4 Å². The number of nitrogens with zero attached hydrogens (tertiary/aromatic N) is 2. The third kappa shape index (κ3) is 3.22. The molecule has 0 saturated heterocycles. The molecule has 0 bridgehead atoms. The van der Waals surface area contributed by atoms with Gasteiger partial charge in [0, 0.05) is 6.42 Å². The maximum Gasteiger partial charge on any atom is 0.328 e. The first-order valence-corrected chi connectivity index (χ1v) is 6.58. The number of carbonyl (C=O) groups is 3. The predicted molar refractivity (Wildman–Crippen MR) is 77.6 cm³/mol. The number of para-hydroxylation sites is 1. The highest BCUT2D eigenvalue weighted by Gasteiger charge is 2.36. The largest absolute Gasteiger partial charge is 0.480 e. The molecule has 1 aromatic carbocycles. The quantitative estimate of drug-likeness (QED) is 0.719. The molecule has 0 saturated carbocycles. The van der Waals surface area contributed by atoms with Crippen LogP contribution in [0.1, 0.15) is 13.3 Å². The molecule has 0 fully saturated rings. The Kier molecular flexibility index (Phi) is 4.40. The van der Waals surface area contributed by atoms with Crippen molar-refractivity contribution < 1.29 is 24.6 Å². The number of hydrazone groups is 1. The molecule has 1 heterocycles. The van der Waals surface area contributed by atoms with Gasteiger partial charge in [0.05, 0.1) is 5.69 Å². The van der Waals surface area contributed by atoms with Crippen LogP contribution >= 0.6 is 0 Å². The summed E-state index contributed by atoms with van der Waals surface area (Å²) in [6.45, 7) is 1.32. The summed E-state index contributed by atoms with van der Waals surface area (Å²) < 4.78 is 0. The zero-order chi connectivity index (χ0) is 16.3. The molecule has 2 atom stereocenters. The standard InChI is InChI=1S/C14H15N3O5/c1-8(13(19)20)15-12(18)10-7-11(14(21)22)17(16-10)9-5-3-2-4-6-9/h2-6,8,11H,7H2,1H3,(H,15,18)(H,19,20)(H,21,22)/t8-,11?/m0/s1. The van der Waals surface area contributed by atoms with Gasteiger partial charge in [0.2, 0.25) is 0 Å². The number of amides is 1. The van der Waals surface area contributed by atoms with Crippen LogP contribution in [-0.4, -0.2) is 45.9 Å². The number of benzene rings is 1. The van der Waals surface area contributed by atoms with Gasteiger partial charge >= 0.3 is 11.9 Å². The Hall–Kier alpha value is -2.90. The first-order chi connectivity index (χ1) is 10.4. The maximum atomic E-state index is 12.0. The molecule has 1 aromatic rings. The minimum absolute atomic E-state index is 0.00986. The van der Waals surface area contributed by atoms with Gasteiger partial charge in [-0.25, -0.2) is 4.79 Å². The monoisotopic (exact) mass is 305 g/mol. The molecular formula is C14H15N3O5. The molecule has 3 N–H and O–H groups in total. The molecule has 1 amide bonds. The summed E-state index contributed by atoms with van der Waals surface area (Å²) in [5.41, 5.74) is 0.535. The number of rotatable bonds is 5. The van der Waals surface area contributed by atoms with E-state index in [0.29, 0.717) is 5.69 Å². The van der Waals surface area contributed by atoms with E-state index in [1.807, 2.05) is 0 Å². The van der Waals surface area contributed by atoms with E-state index >= 15 is 0 Å². The first-order valence-electron chi connectivity index (χ1n) is 6.58. The Morgan fingerprint density at radius 1 is 1.27 bits per heavy atom. The number of anilines is 1. The van der Waals surface area contributed by atoms with Crippen molar-refractivity contribution in [2.75, 3.05) is 5.01 Å². The summed E-state index contributed by atoms with van der Waals surface area (Å²) in [4.78, 5) is 34.1. The molecule has 1 aliphatic rings. The van der Waals surface area contributed by atoms with Crippen molar-refractivity contribution in [3.05, 3.63) is 30.3 Å². The van der Waals surface area contributed by atoms with E-state index in [-0.39, 0.29) is 12.1 Å². The SMILES string of the molecule is C[C@H](NC(=O)C1=NN(c2ccccc2)C(C(=O)O)C1)C(=O)O. The van der Waals surface area contributed by atoms with Gasteiger partial charge < -0.3 is 15.5 Å². The number of aliphatic carboxylic acids is 2. The van der Waals surface area contributed by atoms with Crippen molar-refractivity contribution in [3.63, 3.8) is 0 Å². The van der Waals surface area contributed by atoms with Gasteiger partial charge in [0.1, 0.15) is 11.8 Å². The van der Waals surface area contributed by atoms with Crippen molar-refractivity contribution in [2.45, 2.75) is 25.4 Å². The van der Waals surface area contributed by atoms with Crippen LogP contribution in [0.2, 0.25) is 0 Å². The second-order valence-electron chi connectivity index (χ2n) is 4.82. The van der Waals surface area contributed by atoms with E-state index in [1.165, 1.54) is 11.9 Å². The Morgan fingerprint density at radius 3 is 2.45 bits per heavy atom. The topological polar surface area (TPSA) is 119 Å². The maximum absolute atomic E-state index is 12.0. The third-order valence-corrected chi connectivity index (χ3v) is 3.20. The Balaban J connectivity index is 2.21. The van der Waals surface area contributed by atoms with Crippen LogP contribution in [0.25, 0.3) is 0 Å². The summed E-state index contributed by atoms with van der Waals surface area (Å²) in [6, 6.07) is 6.53. The van der Waals surface area contributed by atoms with Crippen molar-refractivity contribution in [3.8, 4) is 0 Å². The van der Waals surface area contributed by atoms with Crippen LogP contribution in [0.15, 0.2) is 35.4 Å². The minimum Gasteiger partial charge on any atom is -0.480 e. The van der Waals surface area contributed by atoms with Gasteiger partial charge in [-0.2, -0.15) is 5.10 Å². The molecule has 0 aliphatic carbocycles. The molecule has 8 nitrogen and oxygen atoms in total. The van der Waals surface area contributed by atoms with E-state index in [0.717, 1.165) is 0 Å². The normalized spacial score (nSPS) is 18.5. The lowest BCUT2D eigenvalue weighted by Crippen LogP contribution is -2.42. The highest BCUT2D eigenvalue weighted by molar-refractivity contribution is 6.40. The Bertz CT molecular complexity index is 629. The number of hydrogen-bond donors (Lipinski definition) is 3. The Labute approximate surface area is 126 Å². The highest BCUT2D eigenvalue weighted by Crippen LogP contribution is 2.24. The molecule has 1 unspecified atom stereocenters. The van der Waals surface area contributed by atoms with Crippen LogP contribution in [0.4, 0.5) is 5.69 Å². The minimum atomic E-state index is -1.18. The summed E-state index contributed by atoms with van der Waals surface area (Å²) in [5, 5.41) is 25.6. The molecule has 22 heavy (non-hydrogen) atoms. The summed E-state index contributed by atoms with van der Waals surface area (Å²) in [5.74, 6) is -2.97. The summed E-state index contributed by atoms with van der Waals surface area (Å²) in [6.07, 6.45) is -0.0948. The average molecular weight is 305 g/mol. The zero-order valence-corrected chi connectivity index (χ0v) is 11.8. The van der Waals surface area contributed by atoms with Crippen molar-refractivity contribution >= 4 is 29.2 Å². The van der Waals surface area contributed by atoms with Gasteiger partial charge in [0.25, 0.3) is 5.91 Å². The van der Waals surface area contributed by atoms with Gasteiger partial charge in [-0.3, -0.25) is 14.6 Å². The molecule has 2 rings (SSSR count). The number of nitrogens with one attached hydrogen (secondary N) is 1. The zero-order valence-electron chi connectivity index (χ0n) is 11.8. The van der Waals surface area contributed by atoms with E-state index in [9.17, 15) is 19.5 Å². The number of carbonyl (C=O) groups excluding carboxylic acids is 1. The van der Waals surface area contributed by atoms with Crippen LogP contribution in [0.3, 0.4) is 0 Å². The summed E-state index contributed by atoms with van der Waals surface area (Å²) in [7, 11) is 0. The Morgan fingerprint density at radius 2 is 1.91 bits per heavy atom. The van der Waals surface area contributed by atoms with Gasteiger partial charge in [-0.1, -0.05) is 18.2 Å². The molecule has 0 aromatic heterocycles. The van der Waals surface area contributed by atoms with Crippen molar-refractivity contribution in [1.82, 2.24) is 5.32 Å². The van der Waals surface area contributed by atoms with E-state index in [2.05, 4.69) is 10.4 Å². The van der Waals surface area contributed by atoms with Crippen molar-refractivity contribution in [2.24, 2.45) is 5.10 Å². The van der Waals surface area contributed by atoms with Crippen LogP contribution in [0, 0.1) is 0 Å². The first kappa shape index (κ1) is 15.5. The highest BCUT2D eigenvalue weighted by atomic mass is 16.4. The average Bonchev–Trinajstić information content (AvgIpc) is 2.93. The molecular weight excluding hydrogens is 290 g/mol. The van der Waals surface area contributed by atoms with E-state index < -0.39 is 29.9 Å².